The van der Waals surface area contributed by atoms with Crippen molar-refractivity contribution in [2.45, 2.75) is 13.3 Å². The molecule has 0 rings (SSSR count). The van der Waals surface area contributed by atoms with Crippen molar-refractivity contribution in [3.05, 3.63) is 34.2 Å². The van der Waals surface area contributed by atoms with E-state index in [2.05, 4.69) is 18.3 Å². The largest absolute Gasteiger partial charge is 0.290 e. The summed E-state index contributed by atoms with van der Waals surface area (Å²) in [6.45, 7) is 8.44. The van der Waals surface area contributed by atoms with Gasteiger partial charge in [0.1, 0.15) is 6.20 Å². The molecule has 0 unspecified atom stereocenters. The van der Waals surface area contributed by atoms with Crippen molar-refractivity contribution in [3.63, 3.8) is 0 Å². The molecule has 60 valence electrons. The fourth-order valence-corrected chi connectivity index (χ4v) is 0.535. The highest BCUT2D eigenvalue weighted by atomic mass is 16.6. The fourth-order valence-electron chi connectivity index (χ4n) is 0.535. The molecule has 0 saturated carbocycles. The van der Waals surface area contributed by atoms with E-state index in [4.69, 9.17) is 0 Å². The molecule has 4 heteroatoms. The molecule has 0 saturated heterocycles. The molecule has 0 aliphatic heterocycles. The minimum Gasteiger partial charge on any atom is -0.265 e. The smallest absolute Gasteiger partial charge is 0.265 e. The highest BCUT2D eigenvalue weighted by Gasteiger charge is 2.12. The van der Waals surface area contributed by atoms with E-state index < -0.39 is 4.92 Å². The molecular formula is C7H10N2O2. The Balaban J connectivity index is 4.61. The van der Waals surface area contributed by atoms with E-state index in [1.807, 2.05) is 0 Å². The van der Waals surface area contributed by atoms with Gasteiger partial charge >= 0.3 is 0 Å². The maximum atomic E-state index is 10.3. The van der Waals surface area contributed by atoms with Gasteiger partial charge < -0.3 is 0 Å². The van der Waals surface area contributed by atoms with Crippen LogP contribution < -0.4 is 0 Å². The Morgan fingerprint density at radius 3 is 2.64 bits per heavy atom. The van der Waals surface area contributed by atoms with E-state index in [1.165, 1.54) is 0 Å². The molecule has 0 aromatic carbocycles. The maximum absolute atomic E-state index is 10.3. The lowest BCUT2D eigenvalue weighted by Crippen LogP contribution is -2.00. The first kappa shape index (κ1) is 9.55. The lowest BCUT2D eigenvalue weighted by atomic mass is 10.2. The Hall–Kier alpha value is -1.45. The van der Waals surface area contributed by atoms with Crippen molar-refractivity contribution in [1.82, 2.24) is 0 Å². The predicted molar refractivity (Wildman–Crippen MR) is 44.1 cm³/mol. The predicted octanol–water partition coefficient (Wildman–Crippen LogP) is 1.77. The van der Waals surface area contributed by atoms with Crippen molar-refractivity contribution < 1.29 is 4.92 Å². The van der Waals surface area contributed by atoms with E-state index in [1.54, 1.807) is 6.92 Å². The van der Waals surface area contributed by atoms with Crippen molar-refractivity contribution in [3.8, 4) is 0 Å². The van der Waals surface area contributed by atoms with Crippen molar-refractivity contribution >= 4 is 6.72 Å². The summed E-state index contributed by atoms with van der Waals surface area (Å²) in [5, 5.41) is 10.3. The third-order valence-electron chi connectivity index (χ3n) is 1.20. The Labute approximate surface area is 65.1 Å². The summed E-state index contributed by atoms with van der Waals surface area (Å²) in [5.74, 6) is 0. The van der Waals surface area contributed by atoms with Gasteiger partial charge in [-0.15, -0.1) is 0 Å². The number of rotatable bonds is 4. The average Bonchev–Trinajstić information content (AvgIpc) is 1.98. The van der Waals surface area contributed by atoms with Gasteiger partial charge in [0.15, 0.2) is 0 Å². The van der Waals surface area contributed by atoms with E-state index in [9.17, 15) is 10.1 Å². The summed E-state index contributed by atoms with van der Waals surface area (Å²) in [5.41, 5.74) is 0.393. The van der Waals surface area contributed by atoms with Gasteiger partial charge in [0.25, 0.3) is 5.70 Å². The van der Waals surface area contributed by atoms with Gasteiger partial charge in [0, 0.05) is 5.57 Å². The molecule has 0 amide bonds. The topological polar surface area (TPSA) is 55.5 Å². The standard InChI is InChI=1S/C7H10N2O2/c1-4-6(2)7(5-8-3)9(10)11/h5H,2-4H2,1H3/b7-5+. The lowest BCUT2D eigenvalue weighted by molar-refractivity contribution is -0.421. The number of nitro groups is 1. The monoisotopic (exact) mass is 154 g/mol. The van der Waals surface area contributed by atoms with Gasteiger partial charge in [0.05, 0.1) is 4.92 Å². The Kier molecular flexibility index (Phi) is 3.80. The van der Waals surface area contributed by atoms with Crippen molar-refractivity contribution in [2.24, 2.45) is 4.99 Å². The highest BCUT2D eigenvalue weighted by Crippen LogP contribution is 2.11. The normalized spacial score (nSPS) is 10.8. The van der Waals surface area contributed by atoms with Crippen LogP contribution >= 0.6 is 0 Å². The molecule has 0 spiro atoms. The van der Waals surface area contributed by atoms with E-state index in [0.717, 1.165) is 6.20 Å². The molecule has 0 aliphatic rings. The van der Waals surface area contributed by atoms with Crippen LogP contribution in [0.2, 0.25) is 0 Å². The lowest BCUT2D eigenvalue weighted by Gasteiger charge is -1.96. The molecule has 0 radical (unpaired) electrons. The van der Waals surface area contributed by atoms with Gasteiger partial charge in [-0.3, -0.25) is 15.1 Å². The second-order valence-corrected chi connectivity index (χ2v) is 1.91. The van der Waals surface area contributed by atoms with Crippen molar-refractivity contribution in [1.29, 1.82) is 0 Å². The van der Waals surface area contributed by atoms with E-state index in [0.29, 0.717) is 12.0 Å². The third-order valence-corrected chi connectivity index (χ3v) is 1.20. The molecular weight excluding hydrogens is 144 g/mol. The Morgan fingerprint density at radius 2 is 2.36 bits per heavy atom. The first-order valence-corrected chi connectivity index (χ1v) is 3.12. The second-order valence-electron chi connectivity index (χ2n) is 1.91. The first-order chi connectivity index (χ1) is 5.13. The molecule has 0 aliphatic carbocycles. The second kappa shape index (κ2) is 4.38. The van der Waals surface area contributed by atoms with Crippen LogP contribution in [0.1, 0.15) is 13.3 Å². The minimum atomic E-state index is -0.513. The molecule has 4 nitrogen and oxygen atoms in total. The van der Waals surface area contributed by atoms with Gasteiger partial charge in [0.2, 0.25) is 0 Å². The number of hydrogen-bond donors (Lipinski definition) is 0. The van der Waals surface area contributed by atoms with Gasteiger partial charge in [-0.2, -0.15) is 0 Å². The average molecular weight is 154 g/mol. The van der Waals surface area contributed by atoms with Crippen LogP contribution in [-0.4, -0.2) is 11.6 Å². The van der Waals surface area contributed by atoms with E-state index in [-0.39, 0.29) is 5.70 Å². The first-order valence-electron chi connectivity index (χ1n) is 3.12. The molecule has 11 heavy (non-hydrogen) atoms. The Bertz CT molecular complexity index is 218. The zero-order chi connectivity index (χ0) is 8.85. The summed E-state index contributed by atoms with van der Waals surface area (Å²) in [7, 11) is 0. The molecule has 0 heterocycles. The van der Waals surface area contributed by atoms with E-state index >= 15 is 0 Å². The zero-order valence-corrected chi connectivity index (χ0v) is 6.41. The molecule has 0 fully saturated rings. The number of allylic oxidation sites excluding steroid dienone is 1. The number of nitrogens with zero attached hydrogens (tertiary/aromatic N) is 2. The highest BCUT2D eigenvalue weighted by molar-refractivity contribution is 5.29. The van der Waals surface area contributed by atoms with Crippen molar-refractivity contribution in [2.75, 3.05) is 0 Å². The summed E-state index contributed by atoms with van der Waals surface area (Å²) >= 11 is 0. The number of aliphatic imine (C=N–C) groups is 1. The van der Waals surface area contributed by atoms with Crippen LogP contribution in [0.3, 0.4) is 0 Å². The van der Waals surface area contributed by atoms with Gasteiger partial charge in [-0.1, -0.05) is 13.5 Å². The van der Waals surface area contributed by atoms with Crippen LogP contribution in [0.25, 0.3) is 0 Å². The Morgan fingerprint density at radius 1 is 1.82 bits per heavy atom. The zero-order valence-electron chi connectivity index (χ0n) is 6.41. The molecule has 0 atom stereocenters. The van der Waals surface area contributed by atoms with Crippen LogP contribution in [0.5, 0.6) is 0 Å². The molecule has 0 aromatic heterocycles. The van der Waals surface area contributed by atoms with Gasteiger partial charge in [-0.05, 0) is 13.1 Å². The summed E-state index contributed by atoms with van der Waals surface area (Å²) in [4.78, 5) is 13.1. The molecule has 0 N–H and O–H groups in total. The van der Waals surface area contributed by atoms with Crippen LogP contribution in [0.15, 0.2) is 29.0 Å². The third kappa shape index (κ3) is 2.75. The molecule has 0 bridgehead atoms. The summed E-state index contributed by atoms with van der Waals surface area (Å²) in [6.07, 6.45) is 1.65. The minimum absolute atomic E-state index is 0.0671. The van der Waals surface area contributed by atoms with Gasteiger partial charge in [-0.25, -0.2) is 0 Å². The SMILES string of the molecule is C=N/C=C(\C(=C)CC)[N+](=O)[O-]. The fraction of sp³-hybridized carbons (Fsp3) is 0.286. The van der Waals surface area contributed by atoms with Crippen LogP contribution in [-0.2, 0) is 0 Å². The summed E-state index contributed by atoms with van der Waals surface area (Å²) in [6, 6.07) is 0. The number of hydrogen-bond acceptors (Lipinski definition) is 3. The molecule has 0 aromatic rings. The van der Waals surface area contributed by atoms with Crippen LogP contribution in [0.4, 0.5) is 0 Å². The van der Waals surface area contributed by atoms with Crippen LogP contribution in [0, 0.1) is 10.1 Å². The maximum Gasteiger partial charge on any atom is 0.290 e. The quantitative estimate of drug-likeness (QED) is 0.268. The summed E-state index contributed by atoms with van der Waals surface area (Å²) < 4.78 is 0.